The van der Waals surface area contributed by atoms with Crippen LogP contribution >= 0.6 is 43.5 Å². The summed E-state index contributed by atoms with van der Waals surface area (Å²) in [7, 11) is 0. The fourth-order valence-corrected chi connectivity index (χ4v) is 3.00. The smallest absolute Gasteiger partial charge is 0.168 e. The average molecular weight is 406 g/mol. The van der Waals surface area contributed by atoms with Gasteiger partial charge in [-0.05, 0) is 42.0 Å². The van der Waals surface area contributed by atoms with Crippen LogP contribution in [0, 0.1) is 5.82 Å². The van der Waals surface area contributed by atoms with E-state index in [0.29, 0.717) is 20.6 Å². The van der Waals surface area contributed by atoms with Gasteiger partial charge < -0.3 is 0 Å². The van der Waals surface area contributed by atoms with E-state index in [0.717, 1.165) is 4.47 Å². The lowest BCUT2D eigenvalue weighted by Crippen LogP contribution is -2.04. The molecule has 0 aliphatic carbocycles. The molecular weight excluding hydrogens is 398 g/mol. The summed E-state index contributed by atoms with van der Waals surface area (Å²) in [5, 5.41) is 0.384. The monoisotopic (exact) mass is 404 g/mol. The standard InChI is InChI=1S/C14H8Br2ClFO/c15-9-1-2-12(13(17)7-9)14(19)5-8-3-10(16)6-11(18)4-8/h1-4,6-7H,5H2. The van der Waals surface area contributed by atoms with Gasteiger partial charge in [-0.15, -0.1) is 0 Å². The van der Waals surface area contributed by atoms with Gasteiger partial charge in [0.1, 0.15) is 5.82 Å². The first-order valence-corrected chi connectivity index (χ1v) is 7.35. The van der Waals surface area contributed by atoms with Crippen molar-refractivity contribution in [1.29, 1.82) is 0 Å². The zero-order chi connectivity index (χ0) is 14.0. The van der Waals surface area contributed by atoms with E-state index in [-0.39, 0.29) is 18.0 Å². The number of carbonyl (C=O) groups is 1. The Kier molecular flexibility index (Phi) is 4.76. The Hall–Kier alpha value is -0.710. The second kappa shape index (κ2) is 6.16. The molecule has 2 aromatic carbocycles. The van der Waals surface area contributed by atoms with Gasteiger partial charge in [-0.1, -0.05) is 43.5 Å². The number of rotatable bonds is 3. The maximum Gasteiger partial charge on any atom is 0.168 e. The van der Waals surface area contributed by atoms with Crippen LogP contribution < -0.4 is 0 Å². The highest BCUT2D eigenvalue weighted by Crippen LogP contribution is 2.23. The van der Waals surface area contributed by atoms with Gasteiger partial charge in [0.2, 0.25) is 0 Å². The van der Waals surface area contributed by atoms with Crippen molar-refractivity contribution >= 4 is 49.2 Å². The van der Waals surface area contributed by atoms with Crippen LogP contribution in [0.25, 0.3) is 0 Å². The van der Waals surface area contributed by atoms with Gasteiger partial charge in [0.15, 0.2) is 5.78 Å². The number of hydrogen-bond donors (Lipinski definition) is 0. The molecular formula is C14H8Br2ClFO. The van der Waals surface area contributed by atoms with E-state index in [1.54, 1.807) is 24.3 Å². The third-order valence-electron chi connectivity index (χ3n) is 2.52. The summed E-state index contributed by atoms with van der Waals surface area (Å²) < 4.78 is 14.7. The topological polar surface area (TPSA) is 17.1 Å². The van der Waals surface area contributed by atoms with E-state index in [9.17, 15) is 9.18 Å². The second-order valence-corrected chi connectivity index (χ2v) is 6.24. The largest absolute Gasteiger partial charge is 0.294 e. The molecule has 2 aromatic rings. The highest BCUT2D eigenvalue weighted by Gasteiger charge is 2.12. The number of halogens is 4. The Morgan fingerprint density at radius 1 is 1.11 bits per heavy atom. The summed E-state index contributed by atoms with van der Waals surface area (Å²) in [6.45, 7) is 0. The number of ketones is 1. The van der Waals surface area contributed by atoms with Gasteiger partial charge in [-0.3, -0.25) is 4.79 Å². The van der Waals surface area contributed by atoms with E-state index < -0.39 is 0 Å². The third-order valence-corrected chi connectivity index (χ3v) is 3.78. The normalized spacial score (nSPS) is 10.5. The zero-order valence-electron chi connectivity index (χ0n) is 9.59. The molecule has 19 heavy (non-hydrogen) atoms. The highest BCUT2D eigenvalue weighted by atomic mass is 79.9. The van der Waals surface area contributed by atoms with Crippen molar-refractivity contribution in [2.45, 2.75) is 6.42 Å². The molecule has 0 heterocycles. The van der Waals surface area contributed by atoms with Crippen LogP contribution in [0.4, 0.5) is 4.39 Å². The van der Waals surface area contributed by atoms with Crippen LogP contribution in [-0.4, -0.2) is 5.78 Å². The van der Waals surface area contributed by atoms with Gasteiger partial charge in [0.25, 0.3) is 0 Å². The predicted octanol–water partition coefficient (Wildman–Crippen LogP) is 5.43. The first kappa shape index (κ1) is 14.7. The molecule has 0 fully saturated rings. The van der Waals surface area contributed by atoms with Crippen LogP contribution in [-0.2, 0) is 6.42 Å². The van der Waals surface area contributed by atoms with Gasteiger partial charge in [0.05, 0.1) is 5.02 Å². The molecule has 0 N–H and O–H groups in total. The summed E-state index contributed by atoms with van der Waals surface area (Å²) in [5.41, 5.74) is 1.04. The van der Waals surface area contributed by atoms with Crippen molar-refractivity contribution in [3.8, 4) is 0 Å². The van der Waals surface area contributed by atoms with E-state index >= 15 is 0 Å². The predicted molar refractivity (Wildman–Crippen MR) is 81.3 cm³/mol. The SMILES string of the molecule is O=C(Cc1cc(F)cc(Br)c1)c1ccc(Br)cc1Cl. The molecule has 0 aliphatic heterocycles. The second-order valence-electron chi connectivity index (χ2n) is 4.00. The van der Waals surface area contributed by atoms with Crippen LogP contribution in [0.2, 0.25) is 5.02 Å². The van der Waals surface area contributed by atoms with Crippen LogP contribution in [0.1, 0.15) is 15.9 Å². The molecule has 98 valence electrons. The number of Topliss-reactive ketones (excluding diaryl/α,β-unsaturated/α-hetero) is 1. The molecule has 0 saturated carbocycles. The van der Waals surface area contributed by atoms with Crippen molar-refractivity contribution in [2.24, 2.45) is 0 Å². The van der Waals surface area contributed by atoms with Crippen molar-refractivity contribution in [1.82, 2.24) is 0 Å². The first-order valence-electron chi connectivity index (χ1n) is 5.39. The molecule has 0 amide bonds. The van der Waals surface area contributed by atoms with Gasteiger partial charge in [-0.2, -0.15) is 0 Å². The minimum Gasteiger partial charge on any atom is -0.294 e. The summed E-state index contributed by atoms with van der Waals surface area (Å²) >= 11 is 12.5. The lowest BCUT2D eigenvalue weighted by Gasteiger charge is -2.05. The summed E-state index contributed by atoms with van der Waals surface area (Å²) in [5.74, 6) is -0.519. The molecule has 1 nitrogen and oxygen atoms in total. The summed E-state index contributed by atoms with van der Waals surface area (Å²) in [6, 6.07) is 9.48. The van der Waals surface area contributed by atoms with Crippen LogP contribution in [0.3, 0.4) is 0 Å². The highest BCUT2D eigenvalue weighted by molar-refractivity contribution is 9.10. The molecule has 0 aromatic heterocycles. The summed E-state index contributed by atoms with van der Waals surface area (Å²) in [6.07, 6.45) is 0.109. The fraction of sp³-hybridized carbons (Fsp3) is 0.0714. The fourth-order valence-electron chi connectivity index (χ4n) is 1.71. The lowest BCUT2D eigenvalue weighted by molar-refractivity contribution is 0.0993. The number of hydrogen-bond acceptors (Lipinski definition) is 1. The summed E-state index contributed by atoms with van der Waals surface area (Å²) in [4.78, 5) is 12.1. The van der Waals surface area contributed by atoms with Gasteiger partial charge >= 0.3 is 0 Å². The molecule has 0 spiro atoms. The van der Waals surface area contributed by atoms with Crippen molar-refractivity contribution in [3.63, 3.8) is 0 Å². The average Bonchev–Trinajstić information content (AvgIpc) is 2.26. The van der Waals surface area contributed by atoms with Crippen molar-refractivity contribution < 1.29 is 9.18 Å². The Labute approximate surface area is 132 Å². The number of benzene rings is 2. The maximum atomic E-state index is 13.2. The van der Waals surface area contributed by atoms with E-state index in [1.807, 2.05) is 0 Å². The van der Waals surface area contributed by atoms with Gasteiger partial charge in [-0.25, -0.2) is 4.39 Å². The van der Waals surface area contributed by atoms with Crippen LogP contribution in [0.5, 0.6) is 0 Å². The van der Waals surface area contributed by atoms with E-state index in [1.165, 1.54) is 12.1 Å². The molecule has 0 saturated heterocycles. The Morgan fingerprint density at radius 3 is 2.47 bits per heavy atom. The molecule has 0 bridgehead atoms. The molecule has 5 heteroatoms. The lowest BCUT2D eigenvalue weighted by atomic mass is 10.0. The van der Waals surface area contributed by atoms with E-state index in [2.05, 4.69) is 31.9 Å². The first-order chi connectivity index (χ1) is 8.95. The molecule has 0 radical (unpaired) electrons. The minimum absolute atomic E-state index is 0.109. The molecule has 0 unspecified atom stereocenters. The Morgan fingerprint density at radius 2 is 1.84 bits per heavy atom. The quantitative estimate of drug-likeness (QED) is 0.621. The Balaban J connectivity index is 2.25. The Bertz CT molecular complexity index is 623. The third kappa shape index (κ3) is 3.88. The molecule has 0 aliphatic rings. The zero-order valence-corrected chi connectivity index (χ0v) is 13.5. The van der Waals surface area contributed by atoms with Gasteiger partial charge in [0, 0.05) is 20.9 Å². The van der Waals surface area contributed by atoms with Crippen molar-refractivity contribution in [2.75, 3.05) is 0 Å². The number of carbonyl (C=O) groups excluding carboxylic acids is 1. The van der Waals surface area contributed by atoms with Crippen LogP contribution in [0.15, 0.2) is 45.3 Å². The minimum atomic E-state index is -0.376. The van der Waals surface area contributed by atoms with E-state index in [4.69, 9.17) is 11.6 Å². The maximum absolute atomic E-state index is 13.2. The van der Waals surface area contributed by atoms with Crippen molar-refractivity contribution in [3.05, 3.63) is 67.3 Å². The molecule has 2 rings (SSSR count). The molecule has 0 atom stereocenters.